The van der Waals surface area contributed by atoms with Crippen molar-refractivity contribution in [3.05, 3.63) is 59.7 Å². The summed E-state index contributed by atoms with van der Waals surface area (Å²) >= 11 is 0. The Kier molecular flexibility index (Phi) is 7.70. The summed E-state index contributed by atoms with van der Waals surface area (Å²) in [6, 6.07) is 14.4. The van der Waals surface area contributed by atoms with Gasteiger partial charge in [0.2, 0.25) is 10.0 Å². The smallest absolute Gasteiger partial charge is 0.321 e. The van der Waals surface area contributed by atoms with Gasteiger partial charge < -0.3 is 14.8 Å². The van der Waals surface area contributed by atoms with Gasteiger partial charge in [-0.05, 0) is 29.8 Å². The fourth-order valence-electron chi connectivity index (χ4n) is 2.26. The van der Waals surface area contributed by atoms with E-state index in [1.807, 2.05) is 4.72 Å². The summed E-state index contributed by atoms with van der Waals surface area (Å²) in [7, 11) is -2.54. The topological polar surface area (TPSA) is 135 Å². The summed E-state index contributed by atoms with van der Waals surface area (Å²) in [5.41, 5.74) is 0.748. The highest BCUT2D eigenvalue weighted by Gasteiger charge is 2.19. The highest BCUT2D eigenvalue weighted by Crippen LogP contribution is 2.14. The van der Waals surface area contributed by atoms with Gasteiger partial charge >= 0.3 is 5.97 Å². The van der Waals surface area contributed by atoms with Crippen LogP contribution in [0.25, 0.3) is 0 Å². The van der Waals surface area contributed by atoms with E-state index in [4.69, 9.17) is 14.7 Å². The molecule has 0 spiro atoms. The van der Waals surface area contributed by atoms with Crippen LogP contribution >= 0.6 is 0 Å². The van der Waals surface area contributed by atoms with Gasteiger partial charge in [-0.25, -0.2) is 8.42 Å². The zero-order valence-corrected chi connectivity index (χ0v) is 16.4. The van der Waals surface area contributed by atoms with Gasteiger partial charge in [0, 0.05) is 6.54 Å². The van der Waals surface area contributed by atoms with Crippen molar-refractivity contribution < 1.29 is 27.5 Å². The molecule has 0 aliphatic carbocycles. The molecule has 0 heterocycles. The monoisotopic (exact) mass is 417 g/mol. The lowest BCUT2D eigenvalue weighted by Gasteiger charge is -2.09. The molecule has 0 radical (unpaired) electrons. The van der Waals surface area contributed by atoms with Gasteiger partial charge in [0.05, 0.1) is 17.6 Å². The van der Waals surface area contributed by atoms with Crippen LogP contribution in [0.5, 0.6) is 5.75 Å². The van der Waals surface area contributed by atoms with E-state index >= 15 is 0 Å². The summed E-state index contributed by atoms with van der Waals surface area (Å²) in [4.78, 5) is 23.3. The minimum Gasteiger partial charge on any atom is -0.497 e. The summed E-state index contributed by atoms with van der Waals surface area (Å²) < 4.78 is 36.3. The predicted octanol–water partition coefficient (Wildman–Crippen LogP) is 0.705. The number of esters is 1. The number of nitrogens with zero attached hydrogens (tertiary/aromatic N) is 1. The maximum absolute atomic E-state index is 12.2. The number of sulfonamides is 1. The highest BCUT2D eigenvalue weighted by atomic mass is 32.2. The van der Waals surface area contributed by atoms with Crippen LogP contribution in [0.1, 0.15) is 11.1 Å². The Balaban J connectivity index is 1.79. The third-order valence-corrected chi connectivity index (χ3v) is 5.15. The van der Waals surface area contributed by atoms with E-state index in [-0.39, 0.29) is 17.0 Å². The SMILES string of the molecule is COc1cccc(CNC(=O)COC(=O)CNS(=O)(=O)c2ccccc2C#N)c1. The molecule has 2 N–H and O–H groups in total. The molecule has 0 saturated heterocycles. The van der Waals surface area contributed by atoms with Gasteiger partial charge in [0.1, 0.15) is 18.4 Å². The van der Waals surface area contributed by atoms with Crippen LogP contribution in [0.2, 0.25) is 0 Å². The number of nitriles is 1. The Labute approximate surface area is 168 Å². The minimum absolute atomic E-state index is 0.0507. The van der Waals surface area contributed by atoms with Crippen LogP contribution < -0.4 is 14.8 Å². The molecule has 0 atom stereocenters. The molecule has 1 amide bonds. The molecule has 0 unspecified atom stereocenters. The van der Waals surface area contributed by atoms with E-state index < -0.39 is 35.1 Å². The first-order chi connectivity index (χ1) is 13.9. The number of carbonyl (C=O) groups excluding carboxylic acids is 2. The number of hydrogen-bond donors (Lipinski definition) is 2. The number of ether oxygens (including phenoxy) is 2. The molecule has 0 saturated carbocycles. The van der Waals surface area contributed by atoms with Crippen molar-refractivity contribution in [2.24, 2.45) is 0 Å². The molecule has 0 aliphatic rings. The molecule has 9 nitrogen and oxygen atoms in total. The Morgan fingerprint density at radius 3 is 2.62 bits per heavy atom. The molecular weight excluding hydrogens is 398 g/mol. The fraction of sp³-hybridized carbons (Fsp3) is 0.211. The molecule has 0 aromatic heterocycles. The van der Waals surface area contributed by atoms with Crippen molar-refractivity contribution in [3.8, 4) is 11.8 Å². The fourth-order valence-corrected chi connectivity index (χ4v) is 3.38. The van der Waals surface area contributed by atoms with E-state index in [0.29, 0.717) is 5.75 Å². The Morgan fingerprint density at radius 2 is 1.90 bits per heavy atom. The van der Waals surface area contributed by atoms with Gasteiger partial charge in [-0.3, -0.25) is 9.59 Å². The van der Waals surface area contributed by atoms with Gasteiger partial charge in [-0.2, -0.15) is 9.98 Å². The average molecular weight is 417 g/mol. The quantitative estimate of drug-likeness (QED) is 0.574. The van der Waals surface area contributed by atoms with E-state index in [1.165, 1.54) is 31.4 Å². The Bertz CT molecular complexity index is 1030. The molecule has 2 aromatic carbocycles. The zero-order chi connectivity index (χ0) is 21.3. The number of hydrogen-bond acceptors (Lipinski definition) is 7. The first-order valence-electron chi connectivity index (χ1n) is 8.40. The zero-order valence-electron chi connectivity index (χ0n) is 15.5. The summed E-state index contributed by atoms with van der Waals surface area (Å²) in [5.74, 6) is -0.827. The van der Waals surface area contributed by atoms with Crippen molar-refractivity contribution >= 4 is 21.9 Å². The molecule has 0 bridgehead atoms. The normalized spacial score (nSPS) is 10.6. The maximum Gasteiger partial charge on any atom is 0.321 e. The van der Waals surface area contributed by atoms with Crippen molar-refractivity contribution in [1.29, 1.82) is 5.26 Å². The highest BCUT2D eigenvalue weighted by molar-refractivity contribution is 7.89. The number of carbonyl (C=O) groups is 2. The van der Waals surface area contributed by atoms with Crippen molar-refractivity contribution in [2.45, 2.75) is 11.4 Å². The number of methoxy groups -OCH3 is 1. The first-order valence-corrected chi connectivity index (χ1v) is 9.88. The lowest BCUT2D eigenvalue weighted by Crippen LogP contribution is -2.34. The van der Waals surface area contributed by atoms with Crippen molar-refractivity contribution in [2.75, 3.05) is 20.3 Å². The number of nitrogens with one attached hydrogen (secondary N) is 2. The lowest BCUT2D eigenvalue weighted by atomic mass is 10.2. The van der Waals surface area contributed by atoms with Crippen molar-refractivity contribution in [3.63, 3.8) is 0 Å². The molecule has 2 aromatic rings. The standard InChI is InChI=1S/C19H19N3O6S/c1-27-16-7-4-5-14(9-16)11-21-18(23)13-28-19(24)12-22-29(25,26)17-8-3-2-6-15(17)10-20/h2-9,22H,11-13H2,1H3,(H,21,23). The lowest BCUT2D eigenvalue weighted by molar-refractivity contribution is -0.147. The van der Waals surface area contributed by atoms with Gasteiger partial charge in [-0.1, -0.05) is 24.3 Å². The van der Waals surface area contributed by atoms with Gasteiger partial charge in [0.25, 0.3) is 5.91 Å². The van der Waals surface area contributed by atoms with Gasteiger partial charge in [-0.15, -0.1) is 0 Å². The molecule has 2 rings (SSSR count). The Hall–Kier alpha value is -3.42. The molecular formula is C19H19N3O6S. The number of rotatable bonds is 9. The second kappa shape index (κ2) is 10.2. The summed E-state index contributed by atoms with van der Waals surface area (Å²) in [5, 5.41) is 11.6. The van der Waals surface area contributed by atoms with Crippen LogP contribution in [0, 0.1) is 11.3 Å². The minimum atomic E-state index is -4.08. The predicted molar refractivity (Wildman–Crippen MR) is 102 cm³/mol. The average Bonchev–Trinajstić information content (AvgIpc) is 2.74. The van der Waals surface area contributed by atoms with Crippen LogP contribution in [0.3, 0.4) is 0 Å². The maximum atomic E-state index is 12.2. The third-order valence-electron chi connectivity index (χ3n) is 3.69. The summed E-state index contributed by atoms with van der Waals surface area (Å²) in [6.45, 7) is -1.02. The van der Waals surface area contributed by atoms with Crippen molar-refractivity contribution in [1.82, 2.24) is 10.0 Å². The Morgan fingerprint density at radius 1 is 1.14 bits per heavy atom. The second-order valence-electron chi connectivity index (χ2n) is 5.72. The molecule has 0 fully saturated rings. The van der Waals surface area contributed by atoms with E-state index in [2.05, 4.69) is 5.32 Å². The second-order valence-corrected chi connectivity index (χ2v) is 7.46. The van der Waals surface area contributed by atoms with Crippen LogP contribution in [0.4, 0.5) is 0 Å². The molecule has 29 heavy (non-hydrogen) atoms. The number of benzene rings is 2. The van der Waals surface area contributed by atoms with Crippen LogP contribution in [-0.4, -0.2) is 40.6 Å². The van der Waals surface area contributed by atoms with E-state index in [1.54, 1.807) is 30.3 Å². The molecule has 0 aliphatic heterocycles. The molecule has 152 valence electrons. The van der Waals surface area contributed by atoms with Gasteiger partial charge in [0.15, 0.2) is 6.61 Å². The third kappa shape index (κ3) is 6.60. The van der Waals surface area contributed by atoms with E-state index in [9.17, 15) is 18.0 Å². The largest absolute Gasteiger partial charge is 0.497 e. The first kappa shape index (κ1) is 21.9. The van der Waals surface area contributed by atoms with E-state index in [0.717, 1.165) is 5.56 Å². The van der Waals surface area contributed by atoms with Crippen LogP contribution in [-0.2, 0) is 30.9 Å². The number of amides is 1. The summed E-state index contributed by atoms with van der Waals surface area (Å²) in [6.07, 6.45) is 0. The molecule has 10 heteroatoms. The van der Waals surface area contributed by atoms with Crippen LogP contribution in [0.15, 0.2) is 53.4 Å².